The molecule has 2 heterocycles. The second-order valence-electron chi connectivity index (χ2n) is 7.67. The molecule has 1 saturated heterocycles. The molecule has 0 saturated carbocycles. The van der Waals surface area contributed by atoms with E-state index in [1.165, 1.54) is 30.6 Å². The van der Waals surface area contributed by atoms with Crippen molar-refractivity contribution in [3.05, 3.63) is 74.8 Å². The molecule has 0 atom stereocenters. The molecule has 33 heavy (non-hydrogen) atoms. The highest BCUT2D eigenvalue weighted by Gasteiger charge is 2.26. The van der Waals surface area contributed by atoms with E-state index in [1.807, 2.05) is 32.9 Å². The summed E-state index contributed by atoms with van der Waals surface area (Å²) in [6.07, 6.45) is 10.6. The van der Waals surface area contributed by atoms with Crippen molar-refractivity contribution in [2.75, 3.05) is 18.0 Å². The van der Waals surface area contributed by atoms with Crippen LogP contribution in [0.25, 0.3) is 0 Å². The number of hydrogen-bond acceptors (Lipinski definition) is 3. The predicted molar refractivity (Wildman–Crippen MR) is 146 cm³/mol. The summed E-state index contributed by atoms with van der Waals surface area (Å²) in [5, 5.41) is 1.77. The van der Waals surface area contributed by atoms with Crippen molar-refractivity contribution in [2.24, 2.45) is 0 Å². The fourth-order valence-electron chi connectivity index (χ4n) is 3.56. The SMILES string of the molecule is C/C=C(/C=C\C(Cl)=C/C)C(=O)N(c1ccc(Cl)cc1)c1nc(C(=P)N2CCCCC2)c(C)s1. The maximum absolute atomic E-state index is 13.7. The third kappa shape index (κ3) is 6.44. The first-order valence-electron chi connectivity index (χ1n) is 10.9. The smallest absolute Gasteiger partial charge is 0.264 e. The van der Waals surface area contributed by atoms with E-state index in [0.717, 1.165) is 29.1 Å². The van der Waals surface area contributed by atoms with E-state index in [2.05, 4.69) is 13.8 Å². The third-order valence-electron chi connectivity index (χ3n) is 5.42. The van der Waals surface area contributed by atoms with Crippen LogP contribution in [0, 0.1) is 6.92 Å². The monoisotopic (exact) mass is 519 g/mol. The number of aromatic nitrogens is 1. The Labute approximate surface area is 212 Å². The van der Waals surface area contributed by atoms with E-state index in [4.69, 9.17) is 28.2 Å². The molecule has 0 bridgehead atoms. The minimum Gasteiger partial charge on any atom is -0.270 e. The molecule has 0 spiro atoms. The number of rotatable bonds is 7. The minimum atomic E-state index is -0.189. The van der Waals surface area contributed by atoms with Crippen molar-refractivity contribution in [1.82, 2.24) is 9.88 Å². The molecule has 8 heteroatoms. The summed E-state index contributed by atoms with van der Waals surface area (Å²) in [7, 11) is 3.84. The summed E-state index contributed by atoms with van der Waals surface area (Å²) in [6, 6.07) is 7.21. The standard InChI is InChI=1S/C25H28Cl2N3OPS/c1-4-18(9-10-19(26)5-2)23(31)30(21-13-11-20(27)12-14-21)25-28-22(17(3)33-25)24(32)29-15-7-6-8-16-29/h4-5,9-14,32H,6-8,15-16H2,1-3H3/b10-9-,18-4-,19-5+. The number of halogens is 2. The first kappa shape index (κ1) is 25.9. The zero-order valence-corrected chi connectivity index (χ0v) is 22.4. The largest absolute Gasteiger partial charge is 0.270 e. The van der Waals surface area contributed by atoms with Crippen molar-refractivity contribution in [2.45, 2.75) is 40.0 Å². The van der Waals surface area contributed by atoms with E-state index >= 15 is 0 Å². The van der Waals surface area contributed by atoms with Gasteiger partial charge in [0.05, 0.1) is 11.1 Å². The summed E-state index contributed by atoms with van der Waals surface area (Å²) in [5.41, 5.74) is 3.06. The van der Waals surface area contributed by atoms with Gasteiger partial charge in [0.1, 0.15) is 5.69 Å². The number of piperidine rings is 1. The van der Waals surface area contributed by atoms with E-state index in [0.29, 0.717) is 26.4 Å². The van der Waals surface area contributed by atoms with Gasteiger partial charge in [-0.2, -0.15) is 0 Å². The Balaban J connectivity index is 2.02. The Morgan fingerprint density at radius 3 is 2.39 bits per heavy atom. The summed E-state index contributed by atoms with van der Waals surface area (Å²) in [5.74, 6) is -0.189. The summed E-state index contributed by atoms with van der Waals surface area (Å²) >= 11 is 13.7. The van der Waals surface area contributed by atoms with Gasteiger partial charge in [0.2, 0.25) is 0 Å². The molecular formula is C25H28Cl2N3OPS. The highest BCUT2D eigenvalue weighted by Crippen LogP contribution is 2.34. The van der Waals surface area contributed by atoms with Crippen LogP contribution in [-0.4, -0.2) is 34.3 Å². The van der Waals surface area contributed by atoms with Crippen molar-refractivity contribution >= 4 is 65.5 Å². The number of carbonyl (C=O) groups excluding carboxylic acids is 1. The second-order valence-corrected chi connectivity index (χ2v) is 10.2. The van der Waals surface area contributed by atoms with Crippen LogP contribution >= 0.6 is 43.4 Å². The van der Waals surface area contributed by atoms with Gasteiger partial charge in [0.15, 0.2) is 5.13 Å². The van der Waals surface area contributed by atoms with Crippen molar-refractivity contribution in [1.29, 1.82) is 0 Å². The lowest BCUT2D eigenvalue weighted by atomic mass is 10.1. The molecule has 1 aromatic heterocycles. The molecule has 0 aliphatic carbocycles. The van der Waals surface area contributed by atoms with Gasteiger partial charge in [-0.25, -0.2) is 4.98 Å². The number of nitrogens with zero attached hydrogens (tertiary/aromatic N) is 3. The Kier molecular flexibility index (Phi) is 9.48. The van der Waals surface area contributed by atoms with E-state index in [1.54, 1.807) is 41.3 Å². The highest BCUT2D eigenvalue weighted by molar-refractivity contribution is 7.22. The minimum absolute atomic E-state index is 0.189. The molecule has 174 valence electrons. The summed E-state index contributed by atoms with van der Waals surface area (Å²) < 4.78 is 0. The van der Waals surface area contributed by atoms with E-state index in [-0.39, 0.29) is 5.91 Å². The average molecular weight is 520 g/mol. The average Bonchev–Trinajstić information content (AvgIpc) is 3.21. The van der Waals surface area contributed by atoms with Gasteiger partial charge in [-0.1, -0.05) is 50.6 Å². The Bertz CT molecular complexity index is 1100. The van der Waals surface area contributed by atoms with Crippen molar-refractivity contribution < 1.29 is 4.79 Å². The number of hydrogen-bond donors (Lipinski definition) is 0. The summed E-state index contributed by atoms with van der Waals surface area (Å²) in [4.78, 5) is 23.6. The van der Waals surface area contributed by atoms with Crippen LogP contribution in [0.15, 0.2) is 59.2 Å². The molecule has 1 aliphatic heterocycles. The molecule has 1 aliphatic rings. The number of carbonyl (C=O) groups is 1. The maximum atomic E-state index is 13.7. The molecule has 1 aromatic carbocycles. The van der Waals surface area contributed by atoms with Crippen LogP contribution in [0.2, 0.25) is 5.02 Å². The van der Waals surface area contributed by atoms with Gasteiger partial charge < -0.3 is 0 Å². The molecule has 3 rings (SSSR count). The van der Waals surface area contributed by atoms with Crippen LogP contribution in [0.4, 0.5) is 10.8 Å². The first-order chi connectivity index (χ1) is 15.8. The highest BCUT2D eigenvalue weighted by atomic mass is 35.5. The lowest BCUT2D eigenvalue weighted by Crippen LogP contribution is -2.35. The van der Waals surface area contributed by atoms with Crippen LogP contribution in [-0.2, 0) is 4.79 Å². The molecule has 2 aromatic rings. The van der Waals surface area contributed by atoms with Crippen LogP contribution in [0.1, 0.15) is 43.7 Å². The Morgan fingerprint density at radius 1 is 1.12 bits per heavy atom. The molecule has 0 radical (unpaired) electrons. The summed E-state index contributed by atoms with van der Waals surface area (Å²) in [6.45, 7) is 7.72. The predicted octanol–water partition coefficient (Wildman–Crippen LogP) is 7.52. The van der Waals surface area contributed by atoms with Crippen LogP contribution in [0.5, 0.6) is 0 Å². The zero-order valence-electron chi connectivity index (χ0n) is 19.1. The van der Waals surface area contributed by atoms with Crippen molar-refractivity contribution in [3.8, 4) is 0 Å². The van der Waals surface area contributed by atoms with E-state index < -0.39 is 0 Å². The van der Waals surface area contributed by atoms with Gasteiger partial charge in [-0.3, -0.25) is 14.6 Å². The van der Waals surface area contributed by atoms with Crippen molar-refractivity contribution in [3.63, 3.8) is 0 Å². The maximum Gasteiger partial charge on any atom is 0.264 e. The van der Waals surface area contributed by atoms with Gasteiger partial charge >= 0.3 is 0 Å². The van der Waals surface area contributed by atoms with Gasteiger partial charge in [-0.15, -0.1) is 11.3 Å². The number of thiazole rings is 1. The molecule has 0 unspecified atom stereocenters. The number of anilines is 2. The molecule has 4 nitrogen and oxygen atoms in total. The lowest BCUT2D eigenvalue weighted by molar-refractivity contribution is -0.114. The normalized spacial score (nSPS) is 15.8. The number of amides is 1. The van der Waals surface area contributed by atoms with Gasteiger partial charge in [0, 0.05) is 33.6 Å². The number of benzene rings is 1. The van der Waals surface area contributed by atoms with Gasteiger partial charge in [0.25, 0.3) is 5.91 Å². The zero-order chi connectivity index (χ0) is 24.0. The molecular weight excluding hydrogens is 492 g/mol. The van der Waals surface area contributed by atoms with Crippen LogP contribution in [0.3, 0.4) is 0 Å². The fraction of sp³-hybridized carbons (Fsp3) is 0.320. The van der Waals surface area contributed by atoms with E-state index in [9.17, 15) is 4.79 Å². The Morgan fingerprint density at radius 2 is 1.79 bits per heavy atom. The quantitative estimate of drug-likeness (QED) is 0.215. The van der Waals surface area contributed by atoms with Gasteiger partial charge in [-0.05, 0) is 70.0 Å². The third-order valence-corrected chi connectivity index (χ3v) is 7.52. The fourth-order valence-corrected chi connectivity index (χ4v) is 5.23. The number of allylic oxidation sites excluding steroid dienone is 4. The molecule has 0 N–H and O–H groups in total. The molecule has 1 amide bonds. The van der Waals surface area contributed by atoms with Crippen LogP contribution < -0.4 is 4.90 Å². The molecule has 1 fully saturated rings. The number of likely N-dealkylation sites (tertiary alicyclic amines) is 1. The lowest BCUT2D eigenvalue weighted by Gasteiger charge is -2.27. The first-order valence-corrected chi connectivity index (χ1v) is 13.0. The number of aryl methyl sites for hydroxylation is 1. The Hall–Kier alpha value is -1.75. The topological polar surface area (TPSA) is 36.4 Å². The second kappa shape index (κ2) is 12.1.